The number of urea groups is 1. The number of allylic oxidation sites excluding steroid dienone is 1. The molecule has 0 bridgehead atoms. The smallest absolute Gasteiger partial charge is 0.324 e. The van der Waals surface area contributed by atoms with Gasteiger partial charge in [0.1, 0.15) is 6.54 Å². The number of sulfonamides is 1. The first-order valence-corrected chi connectivity index (χ1v) is 12.1. The predicted octanol–water partition coefficient (Wildman–Crippen LogP) is 1.96. The van der Waals surface area contributed by atoms with Crippen molar-refractivity contribution in [1.29, 1.82) is 0 Å². The molecule has 1 aromatic carbocycles. The second kappa shape index (κ2) is 10.7. The summed E-state index contributed by atoms with van der Waals surface area (Å²) in [5.74, 6) is 0.0105. The number of rotatable bonds is 13. The van der Waals surface area contributed by atoms with E-state index in [1.165, 1.54) is 11.0 Å². The Morgan fingerprint density at radius 1 is 1.26 bits per heavy atom. The molecule has 0 aromatic heterocycles. The minimum atomic E-state index is -3.41. The summed E-state index contributed by atoms with van der Waals surface area (Å²) >= 11 is 0. The van der Waals surface area contributed by atoms with Crippen LogP contribution in [-0.4, -0.2) is 57.3 Å². The number of imide groups is 1. The Bertz CT molecular complexity index is 931. The van der Waals surface area contributed by atoms with E-state index in [1.807, 2.05) is 0 Å². The lowest BCUT2D eigenvalue weighted by Gasteiger charge is -2.10. The molecular formula is C21H28FN3O5S. The summed E-state index contributed by atoms with van der Waals surface area (Å²) in [6.07, 6.45) is 7.11. The van der Waals surface area contributed by atoms with Crippen LogP contribution in [0.2, 0.25) is 0 Å². The molecule has 31 heavy (non-hydrogen) atoms. The summed E-state index contributed by atoms with van der Waals surface area (Å²) in [5, 5.41) is 2.17. The van der Waals surface area contributed by atoms with Crippen LogP contribution in [0.4, 0.5) is 9.18 Å². The molecule has 8 nitrogen and oxygen atoms in total. The molecule has 0 atom stereocenters. The average Bonchev–Trinajstić information content (AvgIpc) is 3.49. The molecule has 0 radical (unpaired) electrons. The highest BCUT2D eigenvalue weighted by Crippen LogP contribution is 2.30. The van der Waals surface area contributed by atoms with E-state index >= 15 is 0 Å². The third-order valence-corrected chi connectivity index (χ3v) is 6.46. The minimum Gasteiger partial charge on any atom is -0.490 e. The van der Waals surface area contributed by atoms with E-state index in [0.717, 1.165) is 18.4 Å². The van der Waals surface area contributed by atoms with Gasteiger partial charge in [0.05, 0.1) is 12.4 Å². The highest BCUT2D eigenvalue weighted by Gasteiger charge is 2.25. The lowest BCUT2D eigenvalue weighted by Crippen LogP contribution is -2.28. The minimum absolute atomic E-state index is 0.0191. The first-order chi connectivity index (χ1) is 14.8. The van der Waals surface area contributed by atoms with Gasteiger partial charge in [0.25, 0.3) is 0 Å². The van der Waals surface area contributed by atoms with Gasteiger partial charge in [-0.3, -0.25) is 10.1 Å². The van der Waals surface area contributed by atoms with E-state index < -0.39 is 16.1 Å². The van der Waals surface area contributed by atoms with Crippen molar-refractivity contribution in [3.63, 3.8) is 0 Å². The molecule has 2 N–H and O–H groups in total. The van der Waals surface area contributed by atoms with Gasteiger partial charge in [0.2, 0.25) is 15.9 Å². The van der Waals surface area contributed by atoms with Crippen LogP contribution in [0.3, 0.4) is 0 Å². The molecule has 1 saturated heterocycles. The van der Waals surface area contributed by atoms with Crippen LogP contribution < -0.4 is 14.8 Å². The summed E-state index contributed by atoms with van der Waals surface area (Å²) in [5.41, 5.74) is 0.902. The Morgan fingerprint density at radius 3 is 2.77 bits per heavy atom. The van der Waals surface area contributed by atoms with Crippen LogP contribution in [-0.2, 0) is 21.2 Å². The third-order valence-electron chi connectivity index (χ3n) is 5.05. The number of carbonyl (C=O) groups excluding carboxylic acids is 2. The highest BCUT2D eigenvalue weighted by atomic mass is 32.2. The quantitative estimate of drug-likeness (QED) is 0.270. The molecule has 170 valence electrons. The number of nitrogens with one attached hydrogen (secondary N) is 2. The van der Waals surface area contributed by atoms with Crippen molar-refractivity contribution in [2.45, 2.75) is 32.1 Å². The number of benzene rings is 1. The van der Waals surface area contributed by atoms with Crippen molar-refractivity contribution in [3.05, 3.63) is 41.7 Å². The normalized spacial score (nSPS) is 16.9. The zero-order chi connectivity index (χ0) is 22.3. The molecular weight excluding hydrogens is 425 g/mol. The van der Waals surface area contributed by atoms with E-state index in [9.17, 15) is 22.4 Å². The standard InChI is InChI=1S/C21H28FN3O5S/c22-18-9-8-16(13-19(18)30-15-17-6-7-17)5-4-10-23-31(28,29)12-3-1-2-11-25-14-20(26)24-21(25)27/h1-2,8-9,13,17,23H,3-7,10-12,14-15H2,(H,24,26,27)/b2-1+. The van der Waals surface area contributed by atoms with Crippen molar-refractivity contribution in [1.82, 2.24) is 14.9 Å². The average molecular weight is 454 g/mol. The second-order valence-electron chi connectivity index (χ2n) is 7.83. The predicted molar refractivity (Wildman–Crippen MR) is 114 cm³/mol. The van der Waals surface area contributed by atoms with Crippen molar-refractivity contribution < 1.29 is 27.1 Å². The Labute approximate surface area is 181 Å². The van der Waals surface area contributed by atoms with Gasteiger partial charge in [0, 0.05) is 13.1 Å². The van der Waals surface area contributed by atoms with E-state index in [2.05, 4.69) is 10.0 Å². The zero-order valence-corrected chi connectivity index (χ0v) is 18.1. The van der Waals surface area contributed by atoms with Gasteiger partial charge >= 0.3 is 6.03 Å². The van der Waals surface area contributed by atoms with Gasteiger partial charge < -0.3 is 9.64 Å². The van der Waals surface area contributed by atoms with Crippen LogP contribution in [0.5, 0.6) is 5.75 Å². The first-order valence-electron chi connectivity index (χ1n) is 10.4. The Balaban J connectivity index is 1.32. The number of carbonyl (C=O) groups is 2. The number of aryl methyl sites for hydroxylation is 1. The summed E-state index contributed by atoms with van der Waals surface area (Å²) in [4.78, 5) is 23.8. The SMILES string of the molecule is O=C1CN(C/C=C/CCS(=O)(=O)NCCCc2ccc(F)c(OCC3CC3)c2)C(=O)N1. The third kappa shape index (κ3) is 7.95. The fraction of sp³-hybridized carbons (Fsp3) is 0.524. The Kier molecular flexibility index (Phi) is 8.03. The number of hydrogen-bond donors (Lipinski definition) is 2. The largest absolute Gasteiger partial charge is 0.490 e. The fourth-order valence-corrected chi connectivity index (χ4v) is 4.12. The van der Waals surface area contributed by atoms with Crippen molar-refractivity contribution in [2.24, 2.45) is 5.92 Å². The number of hydrogen-bond acceptors (Lipinski definition) is 5. The van der Waals surface area contributed by atoms with Gasteiger partial charge in [-0.15, -0.1) is 0 Å². The van der Waals surface area contributed by atoms with E-state index in [1.54, 1.807) is 24.3 Å². The number of ether oxygens (including phenoxy) is 1. The number of amides is 3. The molecule has 1 aliphatic heterocycles. The molecule has 2 aliphatic rings. The molecule has 0 unspecified atom stereocenters. The van der Waals surface area contributed by atoms with Gasteiger partial charge in [0.15, 0.2) is 11.6 Å². The maximum atomic E-state index is 13.8. The zero-order valence-electron chi connectivity index (χ0n) is 17.3. The van der Waals surface area contributed by atoms with Gasteiger partial charge in [-0.05, 0) is 55.7 Å². The van der Waals surface area contributed by atoms with Crippen LogP contribution >= 0.6 is 0 Å². The van der Waals surface area contributed by atoms with Gasteiger partial charge in [-0.1, -0.05) is 18.2 Å². The molecule has 2 fully saturated rings. The topological polar surface area (TPSA) is 105 Å². The molecule has 1 saturated carbocycles. The van der Waals surface area contributed by atoms with Crippen LogP contribution in [0.25, 0.3) is 0 Å². The summed E-state index contributed by atoms with van der Waals surface area (Å²) in [6.45, 7) is 1.11. The van der Waals surface area contributed by atoms with Crippen molar-refractivity contribution in [2.75, 3.05) is 32.0 Å². The van der Waals surface area contributed by atoms with Crippen molar-refractivity contribution in [3.8, 4) is 5.75 Å². The maximum Gasteiger partial charge on any atom is 0.324 e. The number of halogens is 1. The van der Waals surface area contributed by atoms with Crippen LogP contribution in [0.15, 0.2) is 30.4 Å². The van der Waals surface area contributed by atoms with Gasteiger partial charge in [-0.25, -0.2) is 22.3 Å². The molecule has 1 aromatic rings. The highest BCUT2D eigenvalue weighted by molar-refractivity contribution is 7.89. The number of nitrogens with zero attached hydrogens (tertiary/aromatic N) is 1. The van der Waals surface area contributed by atoms with Crippen LogP contribution in [0, 0.1) is 11.7 Å². The van der Waals surface area contributed by atoms with Gasteiger partial charge in [-0.2, -0.15) is 0 Å². The van der Waals surface area contributed by atoms with E-state index in [4.69, 9.17) is 4.74 Å². The maximum absolute atomic E-state index is 13.8. The lowest BCUT2D eigenvalue weighted by atomic mass is 10.1. The molecule has 3 rings (SSSR count). The summed E-state index contributed by atoms with van der Waals surface area (Å²) < 4.78 is 46.1. The molecule has 3 amide bonds. The summed E-state index contributed by atoms with van der Waals surface area (Å²) in [6, 6.07) is 4.32. The first kappa shape index (κ1) is 23.2. The second-order valence-corrected chi connectivity index (χ2v) is 9.76. The van der Waals surface area contributed by atoms with E-state index in [-0.39, 0.29) is 42.9 Å². The fourth-order valence-electron chi connectivity index (χ4n) is 3.07. The molecule has 10 heteroatoms. The Morgan fingerprint density at radius 2 is 2.06 bits per heavy atom. The summed E-state index contributed by atoms with van der Waals surface area (Å²) in [7, 11) is -3.41. The molecule has 0 spiro atoms. The monoisotopic (exact) mass is 453 g/mol. The van der Waals surface area contributed by atoms with Crippen molar-refractivity contribution >= 4 is 22.0 Å². The molecule has 1 aliphatic carbocycles. The van der Waals surface area contributed by atoms with E-state index in [0.29, 0.717) is 31.8 Å². The lowest BCUT2D eigenvalue weighted by molar-refractivity contribution is -0.118. The molecule has 1 heterocycles. The van der Waals surface area contributed by atoms with Crippen LogP contribution in [0.1, 0.15) is 31.2 Å². The Hall–Kier alpha value is -2.46.